The van der Waals surface area contributed by atoms with Crippen molar-refractivity contribution in [3.05, 3.63) is 63.2 Å². The van der Waals surface area contributed by atoms with Gasteiger partial charge in [-0.05, 0) is 86.2 Å². The third-order valence-corrected chi connectivity index (χ3v) is 6.27. The predicted octanol–water partition coefficient (Wildman–Crippen LogP) is 4.56. The summed E-state index contributed by atoms with van der Waals surface area (Å²) in [5.74, 6) is -0.861. The number of carbonyl (C=O) groups excluding carboxylic acids is 3. The summed E-state index contributed by atoms with van der Waals surface area (Å²) in [6.45, 7) is 7.81. The minimum atomic E-state index is -0.814. The van der Waals surface area contributed by atoms with Crippen molar-refractivity contribution in [2.45, 2.75) is 52.1 Å². The summed E-state index contributed by atoms with van der Waals surface area (Å²) in [6.07, 6.45) is 0.651. The number of aryl methyl sites for hydroxylation is 1. The second-order valence-corrected chi connectivity index (χ2v) is 9.22. The molecule has 3 amide bonds. The van der Waals surface area contributed by atoms with Crippen molar-refractivity contribution in [1.29, 1.82) is 0 Å². The van der Waals surface area contributed by atoms with Crippen molar-refractivity contribution in [2.75, 3.05) is 4.90 Å². The fraction of sp³-hybridized carbons (Fsp3) is 0.348. The van der Waals surface area contributed by atoms with Crippen LogP contribution in [0.5, 0.6) is 0 Å². The molecule has 2 aromatic rings. The molecule has 0 radical (unpaired) electrons. The number of rotatable bonds is 5. The molecule has 0 aromatic heterocycles. The molecule has 1 aliphatic heterocycles. The molecule has 0 aliphatic carbocycles. The summed E-state index contributed by atoms with van der Waals surface area (Å²) in [5.41, 5.74) is 1.54. The summed E-state index contributed by atoms with van der Waals surface area (Å²) >= 11 is 2.18. The van der Waals surface area contributed by atoms with Gasteiger partial charge >= 0.3 is 0 Å². The number of nitrogens with zero attached hydrogens (tertiary/aromatic N) is 2. The molecule has 1 atom stereocenters. The van der Waals surface area contributed by atoms with Gasteiger partial charge < -0.3 is 4.90 Å². The highest BCUT2D eigenvalue weighted by atomic mass is 127. The van der Waals surface area contributed by atoms with Crippen molar-refractivity contribution in [3.63, 3.8) is 0 Å². The number of hydrogen-bond donors (Lipinski definition) is 0. The van der Waals surface area contributed by atoms with E-state index in [0.29, 0.717) is 17.7 Å². The topological polar surface area (TPSA) is 57.7 Å². The van der Waals surface area contributed by atoms with E-state index in [1.54, 1.807) is 29.2 Å². The molecule has 0 saturated carbocycles. The van der Waals surface area contributed by atoms with Crippen LogP contribution in [0.1, 0.15) is 49.5 Å². The fourth-order valence-corrected chi connectivity index (χ4v) is 3.88. The average Bonchev–Trinajstić information content (AvgIpc) is 2.97. The van der Waals surface area contributed by atoms with Gasteiger partial charge in [0.2, 0.25) is 5.91 Å². The van der Waals surface area contributed by atoms with Crippen LogP contribution in [-0.2, 0) is 9.59 Å². The Bertz CT molecular complexity index is 936. The Morgan fingerprint density at radius 1 is 1.10 bits per heavy atom. The molecule has 1 unspecified atom stereocenters. The molecular weight excluding hydrogens is 479 g/mol. The van der Waals surface area contributed by atoms with Crippen LogP contribution < -0.4 is 4.90 Å². The maximum atomic E-state index is 13.4. The molecule has 152 valence electrons. The average molecular weight is 504 g/mol. The van der Waals surface area contributed by atoms with E-state index in [4.69, 9.17) is 0 Å². The lowest BCUT2D eigenvalue weighted by atomic mass is 9.94. The van der Waals surface area contributed by atoms with E-state index >= 15 is 0 Å². The molecule has 1 aliphatic rings. The first-order chi connectivity index (χ1) is 13.7. The van der Waals surface area contributed by atoms with Gasteiger partial charge in [0.25, 0.3) is 11.8 Å². The minimum Gasteiger partial charge on any atom is -0.321 e. The largest absolute Gasteiger partial charge is 0.321 e. The summed E-state index contributed by atoms with van der Waals surface area (Å²) in [6, 6.07) is 13.7. The molecule has 3 rings (SSSR count). The van der Waals surface area contributed by atoms with Crippen LogP contribution in [0.15, 0.2) is 48.5 Å². The maximum absolute atomic E-state index is 13.4. The predicted molar refractivity (Wildman–Crippen MR) is 122 cm³/mol. The molecule has 2 aromatic carbocycles. The number of imide groups is 1. The van der Waals surface area contributed by atoms with Crippen LogP contribution in [-0.4, -0.2) is 34.2 Å². The standard InChI is InChI=1S/C23H25IN2O3/c1-5-23(3,4)26(21(28)16-8-6-15(2)7-9-16)19-14-20(27)25(22(19)29)18-12-10-17(24)11-13-18/h6-13,19H,5,14H2,1-4H3. The second-order valence-electron chi connectivity index (χ2n) is 7.97. The van der Waals surface area contributed by atoms with Gasteiger partial charge in [-0.15, -0.1) is 0 Å². The van der Waals surface area contributed by atoms with E-state index in [1.165, 1.54) is 4.90 Å². The Labute approximate surface area is 185 Å². The van der Waals surface area contributed by atoms with E-state index in [0.717, 1.165) is 9.13 Å². The van der Waals surface area contributed by atoms with E-state index in [2.05, 4.69) is 22.6 Å². The van der Waals surface area contributed by atoms with Gasteiger partial charge in [-0.1, -0.05) is 24.6 Å². The van der Waals surface area contributed by atoms with E-state index in [9.17, 15) is 14.4 Å². The van der Waals surface area contributed by atoms with Gasteiger partial charge in [0.05, 0.1) is 12.1 Å². The van der Waals surface area contributed by atoms with Gasteiger partial charge in [-0.3, -0.25) is 14.4 Å². The highest BCUT2D eigenvalue weighted by Crippen LogP contribution is 2.32. The van der Waals surface area contributed by atoms with E-state index < -0.39 is 11.6 Å². The third-order valence-electron chi connectivity index (χ3n) is 5.55. The van der Waals surface area contributed by atoms with Crippen molar-refractivity contribution >= 4 is 46.0 Å². The SMILES string of the molecule is CCC(C)(C)N(C(=O)c1ccc(C)cc1)C1CC(=O)N(c2ccc(I)cc2)C1=O. The quantitative estimate of drug-likeness (QED) is 0.443. The lowest BCUT2D eigenvalue weighted by Gasteiger charge is -2.41. The number of amides is 3. The molecule has 1 fully saturated rings. The Kier molecular flexibility index (Phi) is 6.12. The lowest BCUT2D eigenvalue weighted by Crippen LogP contribution is -2.55. The van der Waals surface area contributed by atoms with Crippen LogP contribution in [0.2, 0.25) is 0 Å². The number of hydrogen-bond acceptors (Lipinski definition) is 3. The van der Waals surface area contributed by atoms with Crippen molar-refractivity contribution in [2.24, 2.45) is 0 Å². The molecule has 0 N–H and O–H groups in total. The molecule has 29 heavy (non-hydrogen) atoms. The van der Waals surface area contributed by atoms with Gasteiger partial charge in [0, 0.05) is 14.7 Å². The number of benzene rings is 2. The zero-order chi connectivity index (χ0) is 21.3. The zero-order valence-corrected chi connectivity index (χ0v) is 19.3. The molecule has 6 heteroatoms. The number of carbonyl (C=O) groups is 3. The number of halogens is 1. The summed E-state index contributed by atoms with van der Waals surface area (Å²) in [7, 11) is 0. The third kappa shape index (κ3) is 4.22. The van der Waals surface area contributed by atoms with E-state index in [1.807, 2.05) is 52.0 Å². The van der Waals surface area contributed by atoms with Gasteiger partial charge in [-0.25, -0.2) is 4.90 Å². The van der Waals surface area contributed by atoms with Gasteiger partial charge in [0.15, 0.2) is 0 Å². The molecule has 0 spiro atoms. The van der Waals surface area contributed by atoms with Gasteiger partial charge in [-0.2, -0.15) is 0 Å². The van der Waals surface area contributed by atoms with E-state index in [-0.39, 0.29) is 24.1 Å². The summed E-state index contributed by atoms with van der Waals surface area (Å²) in [4.78, 5) is 42.3. The highest BCUT2D eigenvalue weighted by Gasteiger charge is 2.48. The molecular formula is C23H25IN2O3. The smallest absolute Gasteiger partial charge is 0.257 e. The Morgan fingerprint density at radius 3 is 2.24 bits per heavy atom. The summed E-state index contributed by atoms with van der Waals surface area (Å²) < 4.78 is 1.02. The molecule has 1 heterocycles. The van der Waals surface area contributed by atoms with Crippen LogP contribution in [0.3, 0.4) is 0 Å². The highest BCUT2D eigenvalue weighted by molar-refractivity contribution is 14.1. The normalized spacial score (nSPS) is 17.0. The summed E-state index contributed by atoms with van der Waals surface area (Å²) in [5, 5.41) is 0. The monoisotopic (exact) mass is 504 g/mol. The van der Waals surface area contributed by atoms with Crippen molar-refractivity contribution in [1.82, 2.24) is 4.90 Å². The van der Waals surface area contributed by atoms with Crippen LogP contribution in [0, 0.1) is 10.5 Å². The van der Waals surface area contributed by atoms with Crippen LogP contribution >= 0.6 is 22.6 Å². The molecule has 0 bridgehead atoms. The zero-order valence-electron chi connectivity index (χ0n) is 17.1. The Morgan fingerprint density at radius 2 is 1.69 bits per heavy atom. The van der Waals surface area contributed by atoms with Crippen LogP contribution in [0.4, 0.5) is 5.69 Å². The second kappa shape index (κ2) is 8.26. The van der Waals surface area contributed by atoms with Crippen molar-refractivity contribution in [3.8, 4) is 0 Å². The minimum absolute atomic E-state index is 0.00808. The van der Waals surface area contributed by atoms with Gasteiger partial charge in [0.1, 0.15) is 6.04 Å². The maximum Gasteiger partial charge on any atom is 0.257 e. The van der Waals surface area contributed by atoms with Crippen molar-refractivity contribution < 1.29 is 14.4 Å². The lowest BCUT2D eigenvalue weighted by molar-refractivity contribution is -0.123. The molecule has 5 nitrogen and oxygen atoms in total. The first-order valence-electron chi connectivity index (χ1n) is 9.68. The van der Waals surface area contributed by atoms with Crippen LogP contribution in [0.25, 0.3) is 0 Å². The first-order valence-corrected chi connectivity index (χ1v) is 10.8. The first kappa shape index (κ1) is 21.5. The molecule has 1 saturated heterocycles. The Balaban J connectivity index is 1.99. The Hall–Kier alpha value is -2.22. The fourth-order valence-electron chi connectivity index (χ4n) is 3.52. The number of anilines is 1.